The molecule has 0 N–H and O–H groups in total. The van der Waals surface area contributed by atoms with Gasteiger partial charge in [0.15, 0.2) is 5.89 Å². The predicted octanol–water partition coefficient (Wildman–Crippen LogP) is 4.79. The molecule has 0 fully saturated rings. The molecule has 0 amide bonds. The number of pyridine rings is 2. The molecule has 4 heterocycles. The maximum Gasteiger partial charge on any atom is 0.261 e. The highest BCUT2D eigenvalue weighted by atomic mass is 16.5. The van der Waals surface area contributed by atoms with Crippen LogP contribution in [0.25, 0.3) is 17.1 Å². The summed E-state index contributed by atoms with van der Waals surface area (Å²) in [6.45, 7) is 13.8. The highest BCUT2D eigenvalue weighted by molar-refractivity contribution is 5.59. The summed E-state index contributed by atoms with van der Waals surface area (Å²) in [4.78, 5) is 31.4. The Kier molecular flexibility index (Phi) is 6.08. The molecule has 34 heavy (non-hydrogen) atoms. The molecule has 8 heteroatoms. The van der Waals surface area contributed by atoms with Crippen LogP contribution in [0.1, 0.15) is 55.0 Å². The Morgan fingerprint density at radius 1 is 1.03 bits per heavy atom. The van der Waals surface area contributed by atoms with E-state index in [4.69, 9.17) is 14.1 Å². The Hall–Kier alpha value is -3.81. The van der Waals surface area contributed by atoms with E-state index in [9.17, 15) is 4.79 Å². The van der Waals surface area contributed by atoms with Crippen molar-refractivity contribution < 1.29 is 9.15 Å². The van der Waals surface area contributed by atoms with Crippen molar-refractivity contribution >= 4 is 0 Å². The topological polar surface area (TPSA) is 95.9 Å². The fourth-order valence-corrected chi connectivity index (χ4v) is 3.63. The monoisotopic (exact) mass is 459 g/mol. The third-order valence-corrected chi connectivity index (χ3v) is 5.53. The highest BCUT2D eigenvalue weighted by Crippen LogP contribution is 2.26. The average molecular weight is 460 g/mol. The minimum Gasteiger partial charge on any atom is -0.487 e. The summed E-state index contributed by atoms with van der Waals surface area (Å²) >= 11 is 0. The Balaban J connectivity index is 1.73. The summed E-state index contributed by atoms with van der Waals surface area (Å²) < 4.78 is 12.8. The maximum absolute atomic E-state index is 13.4. The van der Waals surface area contributed by atoms with Gasteiger partial charge in [-0.3, -0.25) is 14.3 Å². The smallest absolute Gasteiger partial charge is 0.261 e. The van der Waals surface area contributed by atoms with Gasteiger partial charge < -0.3 is 9.15 Å². The molecule has 0 saturated carbocycles. The molecule has 0 aliphatic heterocycles. The van der Waals surface area contributed by atoms with Crippen LogP contribution in [0, 0.1) is 27.7 Å². The van der Waals surface area contributed by atoms with Gasteiger partial charge in [0, 0.05) is 36.5 Å². The molecule has 4 aromatic heterocycles. The lowest BCUT2D eigenvalue weighted by atomic mass is 9.95. The van der Waals surface area contributed by atoms with E-state index in [-0.39, 0.29) is 17.6 Å². The number of hydrogen-bond donors (Lipinski definition) is 0. The molecule has 0 aliphatic rings. The van der Waals surface area contributed by atoms with E-state index in [1.54, 1.807) is 37.1 Å². The zero-order chi connectivity index (χ0) is 24.6. The molecule has 0 aromatic carbocycles. The van der Waals surface area contributed by atoms with Gasteiger partial charge in [0.2, 0.25) is 0 Å². The molecule has 0 radical (unpaired) electrons. The van der Waals surface area contributed by atoms with Crippen LogP contribution >= 0.6 is 0 Å². The molecule has 4 aromatic rings. The van der Waals surface area contributed by atoms with Crippen molar-refractivity contribution in [3.05, 3.63) is 81.4 Å². The van der Waals surface area contributed by atoms with Crippen LogP contribution in [0.5, 0.6) is 5.75 Å². The van der Waals surface area contributed by atoms with Crippen LogP contribution in [0.2, 0.25) is 0 Å². The zero-order valence-corrected chi connectivity index (χ0v) is 20.6. The van der Waals surface area contributed by atoms with Gasteiger partial charge in [-0.15, -0.1) is 0 Å². The minimum atomic E-state index is -0.186. The molecule has 0 aliphatic carbocycles. The van der Waals surface area contributed by atoms with E-state index in [0.717, 1.165) is 22.8 Å². The first-order valence-corrected chi connectivity index (χ1v) is 11.1. The molecular weight excluding hydrogens is 430 g/mol. The summed E-state index contributed by atoms with van der Waals surface area (Å²) in [7, 11) is 0. The lowest BCUT2D eigenvalue weighted by molar-refractivity contribution is 0.297. The van der Waals surface area contributed by atoms with Crippen molar-refractivity contribution in [1.82, 2.24) is 24.5 Å². The van der Waals surface area contributed by atoms with Crippen LogP contribution in [0.15, 0.2) is 46.1 Å². The molecule has 0 atom stereocenters. The van der Waals surface area contributed by atoms with Gasteiger partial charge >= 0.3 is 0 Å². The van der Waals surface area contributed by atoms with Gasteiger partial charge in [0.25, 0.3) is 5.56 Å². The Labute approximate surface area is 198 Å². The van der Waals surface area contributed by atoms with Crippen LogP contribution in [0.4, 0.5) is 0 Å². The van der Waals surface area contributed by atoms with Gasteiger partial charge in [-0.25, -0.2) is 15.0 Å². The second-order valence-electron chi connectivity index (χ2n) is 9.43. The van der Waals surface area contributed by atoms with Gasteiger partial charge in [-0.05, 0) is 38.5 Å². The summed E-state index contributed by atoms with van der Waals surface area (Å²) in [6, 6.07) is 5.60. The van der Waals surface area contributed by atoms with Crippen LogP contribution < -0.4 is 10.3 Å². The Morgan fingerprint density at radius 3 is 2.47 bits per heavy atom. The molecule has 0 saturated heterocycles. The number of oxazole rings is 1. The van der Waals surface area contributed by atoms with Gasteiger partial charge in [-0.2, -0.15) is 0 Å². The molecule has 0 spiro atoms. The van der Waals surface area contributed by atoms with Gasteiger partial charge in [0.1, 0.15) is 30.1 Å². The van der Waals surface area contributed by atoms with Crippen molar-refractivity contribution in [2.75, 3.05) is 0 Å². The number of aromatic nitrogens is 5. The molecule has 8 nitrogen and oxygen atoms in total. The first kappa shape index (κ1) is 23.4. The Bertz CT molecular complexity index is 1410. The van der Waals surface area contributed by atoms with E-state index < -0.39 is 0 Å². The van der Waals surface area contributed by atoms with Crippen molar-refractivity contribution in [2.24, 2.45) is 0 Å². The minimum absolute atomic E-state index is 0.148. The third-order valence-electron chi connectivity index (χ3n) is 5.53. The molecule has 0 unspecified atom stereocenters. The van der Waals surface area contributed by atoms with E-state index in [1.165, 1.54) is 0 Å². The fraction of sp³-hybridized carbons (Fsp3) is 0.346. The standard InChI is InChI=1S/C26H29N5O3/c1-15-12-28-21(20-8-9-27-25(30-20)26(5,6)7)11-22(15)31-16(2)10-23(17(3)24(31)32)34-14-19-13-33-18(4)29-19/h8-13H,14H2,1-7H3. The first-order valence-electron chi connectivity index (χ1n) is 11.1. The number of nitrogens with zero attached hydrogens (tertiary/aromatic N) is 5. The van der Waals surface area contributed by atoms with Crippen LogP contribution in [-0.2, 0) is 12.0 Å². The van der Waals surface area contributed by atoms with E-state index in [2.05, 4.69) is 35.7 Å². The van der Waals surface area contributed by atoms with Crippen molar-refractivity contribution in [2.45, 2.75) is 60.5 Å². The fourth-order valence-electron chi connectivity index (χ4n) is 3.63. The molecule has 4 rings (SSSR count). The van der Waals surface area contributed by atoms with Gasteiger partial charge in [-0.1, -0.05) is 20.8 Å². The van der Waals surface area contributed by atoms with Crippen molar-refractivity contribution in [3.63, 3.8) is 0 Å². The zero-order valence-electron chi connectivity index (χ0n) is 20.6. The molecular formula is C26H29N5O3. The van der Waals surface area contributed by atoms with Crippen molar-refractivity contribution in [1.29, 1.82) is 0 Å². The van der Waals surface area contributed by atoms with E-state index in [1.807, 2.05) is 32.0 Å². The van der Waals surface area contributed by atoms with E-state index in [0.29, 0.717) is 34.3 Å². The number of ether oxygens (including phenoxy) is 1. The van der Waals surface area contributed by atoms with E-state index >= 15 is 0 Å². The highest BCUT2D eigenvalue weighted by Gasteiger charge is 2.19. The SMILES string of the molecule is Cc1nc(COc2cc(C)n(-c3cc(-c4ccnc(C(C)(C)C)n4)ncc3C)c(=O)c2C)co1. The summed E-state index contributed by atoms with van der Waals surface area (Å²) in [5.74, 6) is 1.84. The summed E-state index contributed by atoms with van der Waals surface area (Å²) in [5.41, 5.74) is 4.63. The Morgan fingerprint density at radius 2 is 1.79 bits per heavy atom. The first-order chi connectivity index (χ1) is 16.0. The summed E-state index contributed by atoms with van der Waals surface area (Å²) in [5, 5.41) is 0. The number of hydrogen-bond acceptors (Lipinski definition) is 7. The quantitative estimate of drug-likeness (QED) is 0.423. The van der Waals surface area contributed by atoms with Crippen molar-refractivity contribution in [3.8, 4) is 22.8 Å². The molecule has 0 bridgehead atoms. The van der Waals surface area contributed by atoms with Gasteiger partial charge in [0.05, 0.1) is 22.6 Å². The maximum atomic E-state index is 13.4. The predicted molar refractivity (Wildman–Crippen MR) is 129 cm³/mol. The van der Waals surface area contributed by atoms with Crippen LogP contribution in [-0.4, -0.2) is 24.5 Å². The summed E-state index contributed by atoms with van der Waals surface area (Å²) in [6.07, 6.45) is 5.06. The average Bonchev–Trinajstić information content (AvgIpc) is 3.21. The second-order valence-corrected chi connectivity index (χ2v) is 9.43. The number of aryl methyl sites for hydroxylation is 3. The normalized spacial score (nSPS) is 11.6. The lowest BCUT2D eigenvalue weighted by Gasteiger charge is -2.18. The number of rotatable bonds is 5. The molecule has 176 valence electrons. The third kappa shape index (κ3) is 4.62. The largest absolute Gasteiger partial charge is 0.487 e. The van der Waals surface area contributed by atoms with Crippen LogP contribution in [0.3, 0.4) is 0 Å². The second kappa shape index (κ2) is 8.85. The lowest BCUT2D eigenvalue weighted by Crippen LogP contribution is -2.24.